The number of nitrogens with zero attached hydrogens (tertiary/aromatic N) is 3. The van der Waals surface area contributed by atoms with E-state index in [1.807, 2.05) is 30.3 Å². The second-order valence-corrected chi connectivity index (χ2v) is 6.41. The fourth-order valence-electron chi connectivity index (χ4n) is 3.15. The van der Waals surface area contributed by atoms with Crippen LogP contribution in [0.3, 0.4) is 0 Å². The molecule has 0 bridgehead atoms. The molecule has 1 N–H and O–H groups in total. The van der Waals surface area contributed by atoms with Gasteiger partial charge in [-0.05, 0) is 25.0 Å². The highest BCUT2D eigenvalue weighted by Crippen LogP contribution is 2.20. The average molecular weight is 342 g/mol. The van der Waals surface area contributed by atoms with Crippen molar-refractivity contribution in [3.05, 3.63) is 30.3 Å². The molecule has 2 aliphatic rings. The van der Waals surface area contributed by atoms with Crippen molar-refractivity contribution < 1.29 is 14.4 Å². The molecule has 1 fully saturated rings. The third kappa shape index (κ3) is 4.04. The van der Waals surface area contributed by atoms with Gasteiger partial charge in [0.2, 0.25) is 11.8 Å². The van der Waals surface area contributed by atoms with Crippen LogP contribution in [0.4, 0.5) is 5.69 Å². The number of likely N-dealkylation sites (tertiary alicyclic amines) is 1. The maximum Gasteiger partial charge on any atom is 0.270 e. The molecule has 3 amide bonds. The molecular weight excluding hydrogens is 320 g/mol. The Morgan fingerprint density at radius 2 is 1.96 bits per heavy atom. The number of hydrogen-bond acceptors (Lipinski definition) is 4. The third-order valence-corrected chi connectivity index (χ3v) is 4.57. The highest BCUT2D eigenvalue weighted by molar-refractivity contribution is 6.39. The van der Waals surface area contributed by atoms with Crippen LogP contribution >= 0.6 is 0 Å². The molecule has 1 atom stereocenters. The predicted octanol–water partition coefficient (Wildman–Crippen LogP) is 1.47. The fraction of sp³-hybridized carbons (Fsp3) is 0.444. The van der Waals surface area contributed by atoms with Crippen LogP contribution < -0.4 is 5.32 Å². The second kappa shape index (κ2) is 7.46. The van der Waals surface area contributed by atoms with Crippen LogP contribution in [0.1, 0.15) is 25.7 Å². The number of rotatable bonds is 3. The van der Waals surface area contributed by atoms with Crippen molar-refractivity contribution >= 4 is 29.1 Å². The van der Waals surface area contributed by atoms with E-state index in [4.69, 9.17) is 0 Å². The second-order valence-electron chi connectivity index (χ2n) is 6.41. The van der Waals surface area contributed by atoms with Gasteiger partial charge in [-0.3, -0.25) is 14.4 Å². The molecule has 0 aliphatic carbocycles. The number of benzene rings is 1. The molecule has 1 aromatic carbocycles. The summed E-state index contributed by atoms with van der Waals surface area (Å²) in [5.74, 6) is -0.560. The molecule has 7 nitrogen and oxygen atoms in total. The average Bonchev–Trinajstić information content (AvgIpc) is 2.64. The molecule has 132 valence electrons. The van der Waals surface area contributed by atoms with E-state index in [1.165, 1.54) is 5.01 Å². The Balaban J connectivity index is 1.63. The van der Waals surface area contributed by atoms with Crippen molar-refractivity contribution in [2.24, 2.45) is 11.0 Å². The quantitative estimate of drug-likeness (QED) is 0.903. The van der Waals surface area contributed by atoms with Gasteiger partial charge in [0.15, 0.2) is 0 Å². The van der Waals surface area contributed by atoms with Gasteiger partial charge in [0.1, 0.15) is 5.71 Å². The Kier molecular flexibility index (Phi) is 5.11. The van der Waals surface area contributed by atoms with Crippen molar-refractivity contribution in [2.75, 3.05) is 25.5 Å². The zero-order chi connectivity index (χ0) is 17.8. The van der Waals surface area contributed by atoms with Crippen LogP contribution in [0.15, 0.2) is 35.4 Å². The monoisotopic (exact) mass is 342 g/mol. The van der Waals surface area contributed by atoms with Gasteiger partial charge < -0.3 is 10.2 Å². The molecule has 0 aromatic heterocycles. The standard InChI is InChI=1S/C18H22N4O3/c1-21-16(23)10-9-15(20-21)18(25)22-11-5-6-13(12-22)17(24)19-14-7-3-2-4-8-14/h2-4,7-8,13H,5-6,9-12H2,1H3,(H,19,24)/t13-/m1/s1. The first-order chi connectivity index (χ1) is 12.0. The number of amides is 3. The van der Waals surface area contributed by atoms with Gasteiger partial charge in [-0.15, -0.1) is 0 Å². The summed E-state index contributed by atoms with van der Waals surface area (Å²) in [5, 5.41) is 8.21. The molecule has 2 aliphatic heterocycles. The molecule has 2 heterocycles. The maximum atomic E-state index is 12.7. The van der Waals surface area contributed by atoms with E-state index >= 15 is 0 Å². The zero-order valence-corrected chi connectivity index (χ0v) is 14.3. The molecule has 7 heteroatoms. The van der Waals surface area contributed by atoms with Gasteiger partial charge in [0, 0.05) is 38.7 Å². The number of carbonyl (C=O) groups excluding carboxylic acids is 3. The van der Waals surface area contributed by atoms with E-state index in [-0.39, 0.29) is 23.6 Å². The molecule has 0 spiro atoms. The number of carbonyl (C=O) groups is 3. The number of para-hydroxylation sites is 1. The molecule has 25 heavy (non-hydrogen) atoms. The largest absolute Gasteiger partial charge is 0.337 e. The van der Waals surface area contributed by atoms with E-state index in [9.17, 15) is 14.4 Å². The van der Waals surface area contributed by atoms with Crippen LogP contribution in [0, 0.1) is 5.92 Å². The Labute approximate surface area is 146 Å². The van der Waals surface area contributed by atoms with Crippen LogP contribution in [-0.4, -0.2) is 53.5 Å². The van der Waals surface area contributed by atoms with E-state index in [0.29, 0.717) is 31.6 Å². The Morgan fingerprint density at radius 3 is 2.68 bits per heavy atom. The Bertz CT molecular complexity index is 702. The van der Waals surface area contributed by atoms with Gasteiger partial charge in [-0.1, -0.05) is 18.2 Å². The van der Waals surface area contributed by atoms with Crippen LogP contribution in [0.2, 0.25) is 0 Å². The third-order valence-electron chi connectivity index (χ3n) is 4.57. The van der Waals surface area contributed by atoms with Gasteiger partial charge >= 0.3 is 0 Å². The van der Waals surface area contributed by atoms with Crippen LogP contribution in [0.25, 0.3) is 0 Å². The first kappa shape index (κ1) is 17.1. The van der Waals surface area contributed by atoms with Gasteiger partial charge in [-0.2, -0.15) is 5.10 Å². The van der Waals surface area contributed by atoms with Gasteiger partial charge in [0.25, 0.3) is 5.91 Å². The molecular formula is C18H22N4O3. The lowest BCUT2D eigenvalue weighted by Gasteiger charge is -2.33. The Hall–Kier alpha value is -2.70. The van der Waals surface area contributed by atoms with Crippen molar-refractivity contribution in [1.82, 2.24) is 9.91 Å². The summed E-state index contributed by atoms with van der Waals surface area (Å²) in [6.07, 6.45) is 2.19. The highest BCUT2D eigenvalue weighted by atomic mass is 16.2. The van der Waals surface area contributed by atoms with Gasteiger partial charge in [-0.25, -0.2) is 5.01 Å². The lowest BCUT2D eigenvalue weighted by molar-refractivity contribution is -0.131. The summed E-state index contributed by atoms with van der Waals surface area (Å²) in [6, 6.07) is 9.31. The zero-order valence-electron chi connectivity index (χ0n) is 14.3. The minimum atomic E-state index is -0.235. The number of hydrogen-bond donors (Lipinski definition) is 1. The molecule has 0 saturated carbocycles. The summed E-state index contributed by atoms with van der Waals surface area (Å²) in [7, 11) is 1.56. The fourth-order valence-corrected chi connectivity index (χ4v) is 3.15. The van der Waals surface area contributed by atoms with E-state index in [1.54, 1.807) is 11.9 Å². The van der Waals surface area contributed by atoms with Crippen LogP contribution in [0.5, 0.6) is 0 Å². The lowest BCUT2D eigenvalue weighted by Crippen LogP contribution is -2.47. The molecule has 3 rings (SSSR count). The minimum absolute atomic E-state index is 0.0680. The number of anilines is 1. The predicted molar refractivity (Wildman–Crippen MR) is 93.8 cm³/mol. The smallest absolute Gasteiger partial charge is 0.270 e. The van der Waals surface area contributed by atoms with Gasteiger partial charge in [0.05, 0.1) is 5.92 Å². The lowest BCUT2D eigenvalue weighted by atomic mass is 9.96. The van der Waals surface area contributed by atoms with Crippen LogP contribution in [-0.2, 0) is 14.4 Å². The van der Waals surface area contributed by atoms with E-state index < -0.39 is 0 Å². The summed E-state index contributed by atoms with van der Waals surface area (Å²) < 4.78 is 0. The maximum absolute atomic E-state index is 12.7. The van der Waals surface area contributed by atoms with Crippen molar-refractivity contribution in [3.8, 4) is 0 Å². The SMILES string of the molecule is CN1N=C(C(=O)N2CCC[C@@H](C(=O)Nc3ccccc3)C2)CCC1=O. The normalized spacial score (nSPS) is 20.9. The first-order valence-corrected chi connectivity index (χ1v) is 8.54. The van der Waals surface area contributed by atoms with E-state index in [2.05, 4.69) is 10.4 Å². The first-order valence-electron chi connectivity index (χ1n) is 8.54. The highest BCUT2D eigenvalue weighted by Gasteiger charge is 2.32. The molecule has 1 aromatic rings. The van der Waals surface area contributed by atoms with Crippen molar-refractivity contribution in [2.45, 2.75) is 25.7 Å². The summed E-state index contributed by atoms with van der Waals surface area (Å²) in [4.78, 5) is 38.3. The van der Waals surface area contributed by atoms with Crippen molar-refractivity contribution in [3.63, 3.8) is 0 Å². The summed E-state index contributed by atoms with van der Waals surface area (Å²) >= 11 is 0. The topological polar surface area (TPSA) is 82.1 Å². The molecule has 0 radical (unpaired) electrons. The number of nitrogens with one attached hydrogen (secondary N) is 1. The summed E-state index contributed by atoms with van der Waals surface area (Å²) in [5.41, 5.74) is 1.15. The number of hydrazone groups is 1. The summed E-state index contributed by atoms with van der Waals surface area (Å²) in [6.45, 7) is 0.999. The van der Waals surface area contributed by atoms with E-state index in [0.717, 1.165) is 18.5 Å². The Morgan fingerprint density at radius 1 is 1.20 bits per heavy atom. The van der Waals surface area contributed by atoms with Crippen molar-refractivity contribution in [1.29, 1.82) is 0 Å². The molecule has 1 saturated heterocycles. The molecule has 0 unspecified atom stereocenters. The number of piperidine rings is 1. The minimum Gasteiger partial charge on any atom is -0.337 e.